The first-order valence-electron chi connectivity index (χ1n) is 5.15. The molecule has 0 saturated heterocycles. The fraction of sp³-hybridized carbons (Fsp3) is 0.364. The van der Waals surface area contributed by atoms with Crippen LogP contribution in [0.15, 0.2) is 12.3 Å². The third kappa shape index (κ3) is 1.90. The fourth-order valence-electron chi connectivity index (χ4n) is 1.51. The SMILES string of the molecule is CCC(=O)n1ccc(-c2sc(C)nc2C)n1. The number of rotatable bonds is 2. The lowest BCUT2D eigenvalue weighted by Crippen LogP contribution is -2.09. The molecule has 0 radical (unpaired) electrons. The molecule has 0 bridgehead atoms. The van der Waals surface area contributed by atoms with Gasteiger partial charge in [0, 0.05) is 12.6 Å². The van der Waals surface area contributed by atoms with E-state index in [-0.39, 0.29) is 5.91 Å². The van der Waals surface area contributed by atoms with Gasteiger partial charge in [0.1, 0.15) is 5.69 Å². The van der Waals surface area contributed by atoms with Crippen LogP contribution in [0.4, 0.5) is 0 Å². The monoisotopic (exact) mass is 235 g/mol. The first-order valence-corrected chi connectivity index (χ1v) is 5.96. The predicted molar refractivity (Wildman–Crippen MR) is 63.7 cm³/mol. The van der Waals surface area contributed by atoms with Crippen molar-refractivity contribution in [2.45, 2.75) is 27.2 Å². The number of aryl methyl sites for hydroxylation is 2. The Kier molecular flexibility index (Phi) is 2.87. The zero-order valence-electron chi connectivity index (χ0n) is 9.52. The van der Waals surface area contributed by atoms with Crippen LogP contribution in [0.1, 0.15) is 28.8 Å². The van der Waals surface area contributed by atoms with Crippen molar-refractivity contribution >= 4 is 17.2 Å². The molecule has 0 fully saturated rings. The third-order valence-electron chi connectivity index (χ3n) is 2.28. The number of carbonyl (C=O) groups excluding carboxylic acids is 1. The van der Waals surface area contributed by atoms with Crippen molar-refractivity contribution in [2.75, 3.05) is 0 Å². The number of thiazole rings is 1. The van der Waals surface area contributed by atoms with E-state index in [1.807, 2.05) is 26.8 Å². The molecular weight excluding hydrogens is 222 g/mol. The van der Waals surface area contributed by atoms with E-state index in [9.17, 15) is 4.79 Å². The van der Waals surface area contributed by atoms with E-state index in [2.05, 4.69) is 10.1 Å². The maximum absolute atomic E-state index is 11.4. The number of carbonyl (C=O) groups is 1. The summed E-state index contributed by atoms with van der Waals surface area (Å²) in [5, 5.41) is 5.28. The zero-order valence-corrected chi connectivity index (χ0v) is 10.3. The zero-order chi connectivity index (χ0) is 11.7. The van der Waals surface area contributed by atoms with Gasteiger partial charge in [-0.15, -0.1) is 11.3 Å². The molecule has 0 amide bonds. The molecule has 0 spiro atoms. The second-order valence-corrected chi connectivity index (χ2v) is 4.74. The van der Waals surface area contributed by atoms with E-state index in [0.29, 0.717) is 6.42 Å². The highest BCUT2D eigenvalue weighted by Crippen LogP contribution is 2.27. The van der Waals surface area contributed by atoms with Gasteiger partial charge in [0.2, 0.25) is 5.91 Å². The van der Waals surface area contributed by atoms with Crippen LogP contribution < -0.4 is 0 Å². The van der Waals surface area contributed by atoms with Gasteiger partial charge in [-0.1, -0.05) is 6.92 Å². The summed E-state index contributed by atoms with van der Waals surface area (Å²) < 4.78 is 1.39. The molecule has 16 heavy (non-hydrogen) atoms. The van der Waals surface area contributed by atoms with Gasteiger partial charge in [-0.25, -0.2) is 9.67 Å². The number of hydrogen-bond donors (Lipinski definition) is 0. The average Bonchev–Trinajstić information content (AvgIpc) is 2.83. The molecule has 0 unspecified atom stereocenters. The van der Waals surface area contributed by atoms with Crippen LogP contribution >= 0.6 is 11.3 Å². The Morgan fingerprint density at radius 1 is 1.50 bits per heavy atom. The van der Waals surface area contributed by atoms with Crippen molar-refractivity contribution in [3.05, 3.63) is 23.0 Å². The molecule has 0 aliphatic rings. The van der Waals surface area contributed by atoms with Crippen molar-refractivity contribution in [1.82, 2.24) is 14.8 Å². The summed E-state index contributed by atoms with van der Waals surface area (Å²) in [5.41, 5.74) is 1.79. The van der Waals surface area contributed by atoms with Gasteiger partial charge in [0.15, 0.2) is 0 Å². The molecule has 84 valence electrons. The maximum Gasteiger partial charge on any atom is 0.246 e. The first kappa shape index (κ1) is 11.0. The Morgan fingerprint density at radius 3 is 2.81 bits per heavy atom. The molecule has 2 aromatic rings. The molecule has 4 nitrogen and oxygen atoms in total. The van der Waals surface area contributed by atoms with Crippen LogP contribution in [0.5, 0.6) is 0 Å². The van der Waals surface area contributed by atoms with Gasteiger partial charge in [0.05, 0.1) is 15.6 Å². The van der Waals surface area contributed by atoms with Crippen LogP contribution in [0.25, 0.3) is 10.6 Å². The van der Waals surface area contributed by atoms with Crippen LogP contribution in [0, 0.1) is 13.8 Å². The third-order valence-corrected chi connectivity index (χ3v) is 3.38. The molecule has 2 heterocycles. The predicted octanol–water partition coefficient (Wildman–Crippen LogP) is 2.67. The van der Waals surface area contributed by atoms with Gasteiger partial charge in [-0.2, -0.15) is 5.10 Å². The molecule has 0 N–H and O–H groups in total. The Labute approximate surface area is 97.9 Å². The van der Waals surface area contributed by atoms with E-state index >= 15 is 0 Å². The molecule has 0 aliphatic heterocycles. The lowest BCUT2D eigenvalue weighted by molar-refractivity contribution is 0.0893. The molecular formula is C11H13N3OS. The van der Waals surface area contributed by atoms with Gasteiger partial charge in [-0.3, -0.25) is 4.79 Å². The second kappa shape index (κ2) is 4.17. The van der Waals surface area contributed by atoms with Crippen molar-refractivity contribution in [3.63, 3.8) is 0 Å². The molecule has 0 saturated carbocycles. The van der Waals surface area contributed by atoms with Crippen molar-refractivity contribution in [1.29, 1.82) is 0 Å². The quantitative estimate of drug-likeness (QED) is 0.804. The Balaban J connectivity index is 2.38. The van der Waals surface area contributed by atoms with Crippen molar-refractivity contribution in [2.24, 2.45) is 0 Å². The van der Waals surface area contributed by atoms with Gasteiger partial charge in [0.25, 0.3) is 0 Å². The van der Waals surface area contributed by atoms with Crippen molar-refractivity contribution in [3.8, 4) is 10.6 Å². The first-order chi connectivity index (χ1) is 7.61. The maximum atomic E-state index is 11.4. The van der Waals surface area contributed by atoms with Gasteiger partial charge in [-0.05, 0) is 19.9 Å². The van der Waals surface area contributed by atoms with Crippen LogP contribution in [0.3, 0.4) is 0 Å². The number of nitrogens with zero attached hydrogens (tertiary/aromatic N) is 3. The smallest absolute Gasteiger partial charge is 0.246 e. The van der Waals surface area contributed by atoms with Crippen molar-refractivity contribution < 1.29 is 4.79 Å². The minimum atomic E-state index is 0.00476. The van der Waals surface area contributed by atoms with E-state index in [4.69, 9.17) is 0 Å². The molecule has 0 aliphatic carbocycles. The Morgan fingerprint density at radius 2 is 2.25 bits per heavy atom. The Bertz CT molecular complexity index is 527. The summed E-state index contributed by atoms with van der Waals surface area (Å²) in [6.45, 7) is 5.75. The topological polar surface area (TPSA) is 47.8 Å². The minimum absolute atomic E-state index is 0.00476. The lowest BCUT2D eigenvalue weighted by atomic mass is 10.3. The molecule has 0 atom stereocenters. The van der Waals surface area contributed by atoms with E-state index in [1.54, 1.807) is 17.5 Å². The largest absolute Gasteiger partial charge is 0.273 e. The van der Waals surface area contributed by atoms with Crippen LogP contribution in [0.2, 0.25) is 0 Å². The van der Waals surface area contributed by atoms with Gasteiger partial charge < -0.3 is 0 Å². The van der Waals surface area contributed by atoms with Gasteiger partial charge >= 0.3 is 0 Å². The number of hydrogen-bond acceptors (Lipinski definition) is 4. The highest BCUT2D eigenvalue weighted by atomic mass is 32.1. The summed E-state index contributed by atoms with van der Waals surface area (Å²) in [6, 6.07) is 1.85. The molecule has 2 rings (SSSR count). The van der Waals surface area contributed by atoms with E-state index < -0.39 is 0 Å². The summed E-state index contributed by atoms with van der Waals surface area (Å²) in [4.78, 5) is 16.8. The molecule has 2 aromatic heterocycles. The van der Waals surface area contributed by atoms with E-state index in [0.717, 1.165) is 21.3 Å². The molecule has 5 heteroatoms. The van der Waals surface area contributed by atoms with Crippen LogP contribution in [-0.2, 0) is 0 Å². The molecule has 0 aromatic carbocycles. The summed E-state index contributed by atoms with van der Waals surface area (Å²) in [6.07, 6.45) is 2.16. The standard InChI is InChI=1S/C11H13N3OS/c1-4-10(15)14-6-5-9(13-14)11-7(2)12-8(3)16-11/h5-6H,4H2,1-3H3. The highest BCUT2D eigenvalue weighted by molar-refractivity contribution is 7.15. The summed E-state index contributed by atoms with van der Waals surface area (Å²) in [5.74, 6) is 0.00476. The fourth-order valence-corrected chi connectivity index (χ4v) is 2.40. The average molecular weight is 235 g/mol. The van der Waals surface area contributed by atoms with Crippen LogP contribution in [-0.4, -0.2) is 20.7 Å². The second-order valence-electron chi connectivity index (χ2n) is 3.54. The summed E-state index contributed by atoms with van der Waals surface area (Å²) >= 11 is 1.60. The normalized spacial score (nSPS) is 10.7. The minimum Gasteiger partial charge on any atom is -0.273 e. The summed E-state index contributed by atoms with van der Waals surface area (Å²) in [7, 11) is 0. The Hall–Kier alpha value is -1.49. The van der Waals surface area contributed by atoms with E-state index in [1.165, 1.54) is 4.68 Å². The lowest BCUT2D eigenvalue weighted by Gasteiger charge is -1.95. The number of aromatic nitrogens is 3. The highest BCUT2D eigenvalue weighted by Gasteiger charge is 2.12.